The molecule has 0 radical (unpaired) electrons. The molecule has 18 heavy (non-hydrogen) atoms. The van der Waals surface area contributed by atoms with Crippen LogP contribution >= 0.6 is 0 Å². The Labute approximate surface area is 107 Å². The van der Waals surface area contributed by atoms with Crippen LogP contribution < -0.4 is 5.73 Å². The van der Waals surface area contributed by atoms with Crippen LogP contribution in [0.4, 0.5) is 4.39 Å². The van der Waals surface area contributed by atoms with Gasteiger partial charge in [-0.05, 0) is 26.1 Å². The van der Waals surface area contributed by atoms with Gasteiger partial charge in [-0.15, -0.1) is 0 Å². The minimum atomic E-state index is -0.420. The molecule has 0 saturated carbocycles. The van der Waals surface area contributed by atoms with E-state index in [-0.39, 0.29) is 11.4 Å². The maximum atomic E-state index is 14.1. The molecule has 0 atom stereocenters. The lowest BCUT2D eigenvalue weighted by molar-refractivity contribution is 0.314. The van der Waals surface area contributed by atoms with Gasteiger partial charge in [0.2, 0.25) is 0 Å². The number of nitrogens with zero attached hydrogens (tertiary/aromatic N) is 2. The van der Waals surface area contributed by atoms with Gasteiger partial charge in [-0.3, -0.25) is 0 Å². The van der Waals surface area contributed by atoms with Gasteiger partial charge in [-0.1, -0.05) is 30.6 Å². The van der Waals surface area contributed by atoms with E-state index >= 15 is 0 Å². The van der Waals surface area contributed by atoms with Gasteiger partial charge >= 0.3 is 0 Å². The predicted octanol–water partition coefficient (Wildman–Crippen LogP) is 2.15. The topological polar surface area (TPSA) is 61.8 Å². The molecule has 1 rings (SSSR count). The number of hydrogen-bond acceptors (Lipinski definition) is 3. The van der Waals surface area contributed by atoms with Gasteiger partial charge in [-0.2, -0.15) is 0 Å². The third kappa shape index (κ3) is 3.70. The molecule has 0 fully saturated rings. The van der Waals surface area contributed by atoms with E-state index in [1.165, 1.54) is 6.07 Å². The number of oxime groups is 1. The Morgan fingerprint density at radius 1 is 1.50 bits per heavy atom. The van der Waals surface area contributed by atoms with E-state index in [9.17, 15) is 4.39 Å². The van der Waals surface area contributed by atoms with E-state index in [2.05, 4.69) is 17.0 Å². The number of halogens is 1. The molecule has 0 heterocycles. The van der Waals surface area contributed by atoms with E-state index in [0.717, 1.165) is 19.4 Å². The maximum Gasteiger partial charge on any atom is 0.173 e. The van der Waals surface area contributed by atoms with E-state index in [1.54, 1.807) is 12.1 Å². The highest BCUT2D eigenvalue weighted by Gasteiger charge is 2.12. The van der Waals surface area contributed by atoms with Gasteiger partial charge in [0.25, 0.3) is 0 Å². The van der Waals surface area contributed by atoms with Crippen molar-refractivity contribution in [3.63, 3.8) is 0 Å². The summed E-state index contributed by atoms with van der Waals surface area (Å²) in [7, 11) is 1.95. The summed E-state index contributed by atoms with van der Waals surface area (Å²) in [6.45, 7) is 3.55. The average molecular weight is 253 g/mol. The molecule has 3 N–H and O–H groups in total. The van der Waals surface area contributed by atoms with Gasteiger partial charge in [0, 0.05) is 12.1 Å². The lowest BCUT2D eigenvalue weighted by atomic mass is 10.1. The van der Waals surface area contributed by atoms with Crippen LogP contribution in [0.3, 0.4) is 0 Å². The van der Waals surface area contributed by atoms with Gasteiger partial charge in [0.05, 0.1) is 5.56 Å². The van der Waals surface area contributed by atoms with Gasteiger partial charge in [-0.25, -0.2) is 4.39 Å². The third-order valence-corrected chi connectivity index (χ3v) is 2.80. The van der Waals surface area contributed by atoms with Crippen LogP contribution in [-0.4, -0.2) is 29.5 Å². The smallest absolute Gasteiger partial charge is 0.173 e. The van der Waals surface area contributed by atoms with Crippen molar-refractivity contribution in [2.75, 3.05) is 13.6 Å². The number of nitrogens with two attached hydrogens (primary N) is 1. The zero-order valence-corrected chi connectivity index (χ0v) is 10.9. The molecule has 100 valence electrons. The first kappa shape index (κ1) is 14.4. The van der Waals surface area contributed by atoms with Crippen LogP contribution in [-0.2, 0) is 6.54 Å². The van der Waals surface area contributed by atoms with E-state index < -0.39 is 5.82 Å². The number of hydrogen-bond donors (Lipinski definition) is 2. The SMILES string of the molecule is CCCCN(C)Cc1cccc(/C(N)=N/O)c1F. The standard InChI is InChI=1S/C13H20FN3O/c1-3-4-8-17(2)9-10-6-5-7-11(12(10)14)13(15)16-18/h5-7,18H,3-4,8-9H2,1-2H3,(H2,15,16). The van der Waals surface area contributed by atoms with Crippen molar-refractivity contribution in [3.05, 3.63) is 35.1 Å². The second-order valence-corrected chi connectivity index (χ2v) is 4.36. The van der Waals surface area contributed by atoms with Crippen molar-refractivity contribution in [1.82, 2.24) is 4.90 Å². The Hall–Kier alpha value is -1.62. The summed E-state index contributed by atoms with van der Waals surface area (Å²) in [5, 5.41) is 11.4. The Morgan fingerprint density at radius 3 is 2.83 bits per heavy atom. The molecular formula is C13H20FN3O. The zero-order valence-electron chi connectivity index (χ0n) is 10.9. The average Bonchev–Trinajstić information content (AvgIpc) is 2.38. The fraction of sp³-hybridized carbons (Fsp3) is 0.462. The summed E-state index contributed by atoms with van der Waals surface area (Å²) in [5.74, 6) is -0.623. The molecule has 0 aliphatic carbocycles. The van der Waals surface area contributed by atoms with Crippen molar-refractivity contribution < 1.29 is 9.60 Å². The lowest BCUT2D eigenvalue weighted by Crippen LogP contribution is -2.21. The predicted molar refractivity (Wildman–Crippen MR) is 70.2 cm³/mol. The monoisotopic (exact) mass is 253 g/mol. The number of amidine groups is 1. The highest BCUT2D eigenvalue weighted by atomic mass is 19.1. The molecule has 1 aromatic carbocycles. The van der Waals surface area contributed by atoms with Gasteiger partial charge in [0.1, 0.15) is 5.82 Å². The number of rotatable bonds is 6. The molecule has 0 unspecified atom stereocenters. The first-order valence-corrected chi connectivity index (χ1v) is 6.04. The largest absolute Gasteiger partial charge is 0.409 e. The first-order chi connectivity index (χ1) is 8.60. The van der Waals surface area contributed by atoms with Crippen molar-refractivity contribution in [1.29, 1.82) is 0 Å². The van der Waals surface area contributed by atoms with Crippen molar-refractivity contribution in [2.45, 2.75) is 26.3 Å². The van der Waals surface area contributed by atoms with Gasteiger partial charge in [0.15, 0.2) is 5.84 Å². The number of benzene rings is 1. The summed E-state index contributed by atoms with van der Waals surface area (Å²) in [5.41, 5.74) is 6.11. The molecule has 4 nitrogen and oxygen atoms in total. The first-order valence-electron chi connectivity index (χ1n) is 6.04. The summed E-state index contributed by atoms with van der Waals surface area (Å²) in [4.78, 5) is 2.05. The van der Waals surface area contributed by atoms with Crippen LogP contribution in [0.5, 0.6) is 0 Å². The third-order valence-electron chi connectivity index (χ3n) is 2.80. The van der Waals surface area contributed by atoms with E-state index in [0.29, 0.717) is 12.1 Å². The van der Waals surface area contributed by atoms with Crippen LogP contribution in [0.2, 0.25) is 0 Å². The summed E-state index contributed by atoms with van der Waals surface area (Å²) in [6.07, 6.45) is 2.19. The van der Waals surface area contributed by atoms with E-state index in [1.807, 2.05) is 7.05 Å². The molecule has 0 aromatic heterocycles. The molecule has 0 spiro atoms. The van der Waals surface area contributed by atoms with Crippen LogP contribution in [0.1, 0.15) is 30.9 Å². The summed E-state index contributed by atoms with van der Waals surface area (Å²) in [6, 6.07) is 4.92. The lowest BCUT2D eigenvalue weighted by Gasteiger charge is -2.17. The molecule has 0 amide bonds. The Bertz CT molecular complexity index is 421. The van der Waals surface area contributed by atoms with Crippen molar-refractivity contribution >= 4 is 5.84 Å². The Kier molecular flexibility index (Phi) is 5.58. The van der Waals surface area contributed by atoms with Crippen molar-refractivity contribution in [2.24, 2.45) is 10.9 Å². The Morgan fingerprint density at radius 2 is 2.22 bits per heavy atom. The molecule has 5 heteroatoms. The Balaban J connectivity index is 2.84. The van der Waals surface area contributed by atoms with Crippen LogP contribution in [0.15, 0.2) is 23.4 Å². The molecule has 0 saturated heterocycles. The van der Waals surface area contributed by atoms with E-state index in [4.69, 9.17) is 10.9 Å². The maximum absolute atomic E-state index is 14.1. The minimum Gasteiger partial charge on any atom is -0.409 e. The zero-order chi connectivity index (χ0) is 13.5. The minimum absolute atomic E-state index is 0.138. The second-order valence-electron chi connectivity index (χ2n) is 4.36. The highest BCUT2D eigenvalue weighted by Crippen LogP contribution is 2.14. The van der Waals surface area contributed by atoms with Crippen LogP contribution in [0, 0.1) is 5.82 Å². The van der Waals surface area contributed by atoms with Gasteiger partial charge < -0.3 is 15.8 Å². The normalized spacial score (nSPS) is 12.1. The molecule has 0 bridgehead atoms. The fourth-order valence-electron chi connectivity index (χ4n) is 1.75. The molecular weight excluding hydrogens is 233 g/mol. The second kappa shape index (κ2) is 6.96. The number of unbranched alkanes of at least 4 members (excludes halogenated alkanes) is 1. The molecule has 0 aliphatic heterocycles. The molecule has 1 aromatic rings. The highest BCUT2D eigenvalue weighted by molar-refractivity contribution is 5.97. The quantitative estimate of drug-likeness (QED) is 0.353. The van der Waals surface area contributed by atoms with Crippen molar-refractivity contribution in [3.8, 4) is 0 Å². The van der Waals surface area contributed by atoms with Crippen LogP contribution in [0.25, 0.3) is 0 Å². The summed E-state index contributed by atoms with van der Waals surface area (Å²) >= 11 is 0. The summed E-state index contributed by atoms with van der Waals surface area (Å²) < 4.78 is 14.1. The molecule has 0 aliphatic rings. The fourth-order valence-corrected chi connectivity index (χ4v) is 1.75.